The second-order valence-corrected chi connectivity index (χ2v) is 12.1. The first-order valence-electron chi connectivity index (χ1n) is 15.2. The van der Waals surface area contributed by atoms with Crippen LogP contribution in [-0.2, 0) is 4.79 Å². The van der Waals surface area contributed by atoms with E-state index < -0.39 is 17.3 Å². The molecule has 0 N–H and O–H groups in total. The van der Waals surface area contributed by atoms with Gasteiger partial charge in [-0.3, -0.25) is 9.78 Å². The minimum Gasteiger partial charge on any atom is -0.350 e. The van der Waals surface area contributed by atoms with Crippen molar-refractivity contribution in [3.63, 3.8) is 0 Å². The molecule has 4 radical (unpaired) electrons. The number of hydrogen-bond donors (Lipinski definition) is 0. The van der Waals surface area contributed by atoms with E-state index in [0.29, 0.717) is 31.0 Å². The second kappa shape index (κ2) is 13.0. The third-order valence-electron chi connectivity index (χ3n) is 8.17. The van der Waals surface area contributed by atoms with E-state index in [1.54, 1.807) is 17.2 Å². The Kier molecular flexibility index (Phi) is 9.28. The van der Waals surface area contributed by atoms with Crippen molar-refractivity contribution in [3.8, 4) is 16.9 Å². The highest BCUT2D eigenvalue weighted by molar-refractivity contribution is 6.50. The molecule has 1 aromatic carbocycles. The van der Waals surface area contributed by atoms with E-state index in [9.17, 15) is 9.59 Å². The Labute approximate surface area is 269 Å². The van der Waals surface area contributed by atoms with Crippen LogP contribution < -0.4 is 10.6 Å². The number of piperazine rings is 1. The monoisotopic (exact) mass is 618 g/mol. The van der Waals surface area contributed by atoms with Gasteiger partial charge in [0.1, 0.15) is 17.3 Å². The molecular weight excluding hydrogens is 584 g/mol. The molecule has 232 valence electrons. The predicted octanol–water partition coefficient (Wildman–Crippen LogP) is 5.23. The summed E-state index contributed by atoms with van der Waals surface area (Å²) in [5, 5.41) is 0.147. The standard InChI is InChI=1S/C34H34B2F2N6O2/c1-7-27(45)42-13-14-43(20(6)17-42)32-23-16-25(38)30(28-21(15-26(35)36)9-8-10-24(28)37)40-33(23)44(34(46)41-32)31-22(18(2)3)11-12-39-29(31)19(4)5/h7-12,15-16,18-20H,1,13-14,17H2,2-6H3/t20-/m0/s1. The summed E-state index contributed by atoms with van der Waals surface area (Å²) < 4.78 is 33.2. The Hall–Kier alpha value is -4.60. The molecule has 4 aromatic rings. The smallest absolute Gasteiger partial charge is 0.350 e. The lowest BCUT2D eigenvalue weighted by atomic mass is 9.77. The normalized spacial score (nSPS) is 15.1. The van der Waals surface area contributed by atoms with Crippen LogP contribution >= 0.6 is 0 Å². The number of carbonyl (C=O) groups is 1. The lowest BCUT2D eigenvalue weighted by Crippen LogP contribution is -2.54. The highest BCUT2D eigenvalue weighted by Crippen LogP contribution is 2.36. The van der Waals surface area contributed by atoms with Crippen molar-refractivity contribution in [2.24, 2.45) is 0 Å². The van der Waals surface area contributed by atoms with E-state index in [1.807, 2.05) is 45.6 Å². The number of nitrogens with zero attached hydrogens (tertiary/aromatic N) is 6. The van der Waals surface area contributed by atoms with Gasteiger partial charge in [0.15, 0.2) is 11.5 Å². The molecule has 0 spiro atoms. The number of rotatable bonds is 7. The number of halogens is 2. The number of anilines is 1. The average molecular weight is 618 g/mol. The Bertz CT molecular complexity index is 1910. The van der Waals surface area contributed by atoms with Gasteiger partial charge >= 0.3 is 5.69 Å². The number of carbonyl (C=O) groups excluding carboxylic acids is 1. The van der Waals surface area contributed by atoms with Gasteiger partial charge in [0, 0.05) is 37.4 Å². The SMILES string of the molecule is [B]C([B])=Cc1cccc(F)c1-c1nc2c(cc1F)c(N1CCN(C(=O)C=C)C[C@@H]1C)nc(=O)n2-c1c(C(C)C)ccnc1C(C)C. The van der Waals surface area contributed by atoms with E-state index in [0.717, 1.165) is 5.56 Å². The summed E-state index contributed by atoms with van der Waals surface area (Å²) in [6.45, 7) is 14.4. The highest BCUT2D eigenvalue weighted by atomic mass is 19.1. The molecule has 1 atom stereocenters. The molecule has 1 saturated heterocycles. The third kappa shape index (κ3) is 6.00. The average Bonchev–Trinajstić information content (AvgIpc) is 3.00. The van der Waals surface area contributed by atoms with Crippen molar-refractivity contribution < 1.29 is 13.6 Å². The fourth-order valence-electron chi connectivity index (χ4n) is 6.01. The fourth-order valence-corrected chi connectivity index (χ4v) is 6.01. The molecule has 46 heavy (non-hydrogen) atoms. The van der Waals surface area contributed by atoms with E-state index in [-0.39, 0.29) is 62.8 Å². The largest absolute Gasteiger partial charge is 0.355 e. The van der Waals surface area contributed by atoms with Crippen LogP contribution in [0.4, 0.5) is 14.6 Å². The van der Waals surface area contributed by atoms with Gasteiger partial charge in [-0.05, 0) is 54.2 Å². The minimum atomic E-state index is -0.830. The molecule has 12 heteroatoms. The second-order valence-electron chi connectivity index (χ2n) is 12.1. The van der Waals surface area contributed by atoms with Gasteiger partial charge in [0.25, 0.3) is 0 Å². The van der Waals surface area contributed by atoms with Gasteiger partial charge in [0.05, 0.1) is 32.5 Å². The molecule has 0 bridgehead atoms. The van der Waals surface area contributed by atoms with Gasteiger partial charge in [-0.1, -0.05) is 52.5 Å². The molecule has 1 aliphatic rings. The molecule has 5 rings (SSSR count). The van der Waals surface area contributed by atoms with Gasteiger partial charge in [-0.2, -0.15) is 10.4 Å². The molecule has 1 amide bonds. The molecule has 3 aromatic heterocycles. The molecule has 1 fully saturated rings. The molecule has 8 nitrogen and oxygen atoms in total. The first kappa shape index (κ1) is 32.8. The Morgan fingerprint density at radius 1 is 1.07 bits per heavy atom. The van der Waals surface area contributed by atoms with Gasteiger partial charge in [-0.25, -0.2) is 23.1 Å². The summed E-state index contributed by atoms with van der Waals surface area (Å²) in [7, 11) is 11.4. The van der Waals surface area contributed by atoms with E-state index in [4.69, 9.17) is 20.7 Å². The number of pyridine rings is 2. The van der Waals surface area contributed by atoms with Crippen LogP contribution in [0, 0.1) is 11.6 Å². The maximum atomic E-state index is 16.3. The molecule has 1 aliphatic heterocycles. The van der Waals surface area contributed by atoms with E-state index >= 15 is 8.78 Å². The topological polar surface area (TPSA) is 84.2 Å². The van der Waals surface area contributed by atoms with E-state index in [2.05, 4.69) is 16.5 Å². The zero-order valence-electron chi connectivity index (χ0n) is 26.6. The summed E-state index contributed by atoms with van der Waals surface area (Å²) in [6.07, 6.45) is 4.28. The van der Waals surface area contributed by atoms with Crippen LogP contribution in [0.1, 0.15) is 63.3 Å². The van der Waals surface area contributed by atoms with Crippen molar-refractivity contribution in [2.75, 3.05) is 24.5 Å². The van der Waals surface area contributed by atoms with Crippen molar-refractivity contribution in [3.05, 3.63) is 93.5 Å². The summed E-state index contributed by atoms with van der Waals surface area (Å²) in [4.78, 5) is 44.0. The molecule has 4 heterocycles. The van der Waals surface area contributed by atoms with Crippen LogP contribution in [0.2, 0.25) is 0 Å². The number of fused-ring (bicyclic) bond motifs is 1. The summed E-state index contributed by atoms with van der Waals surface area (Å²) in [5.41, 5.74) is 1.13. The van der Waals surface area contributed by atoms with Crippen LogP contribution in [0.25, 0.3) is 34.1 Å². The van der Waals surface area contributed by atoms with Crippen LogP contribution in [0.3, 0.4) is 0 Å². The Balaban J connectivity index is 1.89. The highest BCUT2D eigenvalue weighted by Gasteiger charge is 2.31. The Morgan fingerprint density at radius 2 is 1.80 bits per heavy atom. The van der Waals surface area contributed by atoms with Gasteiger partial charge in [-0.15, -0.1) is 0 Å². The lowest BCUT2D eigenvalue weighted by Gasteiger charge is -2.40. The molecule has 0 saturated carbocycles. The van der Waals surface area contributed by atoms with Gasteiger partial charge in [0.2, 0.25) is 5.91 Å². The van der Waals surface area contributed by atoms with Crippen molar-refractivity contribution in [1.82, 2.24) is 24.4 Å². The lowest BCUT2D eigenvalue weighted by molar-refractivity contribution is -0.126. The van der Waals surface area contributed by atoms with Crippen LogP contribution in [0.15, 0.2) is 59.3 Å². The molecule has 0 aliphatic carbocycles. The zero-order chi connectivity index (χ0) is 33.4. The maximum absolute atomic E-state index is 16.3. The summed E-state index contributed by atoms with van der Waals surface area (Å²) >= 11 is 0. The third-order valence-corrected chi connectivity index (χ3v) is 8.17. The molecule has 0 unspecified atom stereocenters. The van der Waals surface area contributed by atoms with Crippen molar-refractivity contribution in [1.29, 1.82) is 0 Å². The van der Waals surface area contributed by atoms with Crippen LogP contribution in [0.5, 0.6) is 0 Å². The zero-order valence-corrected chi connectivity index (χ0v) is 26.6. The number of benzene rings is 1. The Morgan fingerprint density at radius 3 is 2.43 bits per heavy atom. The maximum Gasteiger partial charge on any atom is 0.355 e. The quantitative estimate of drug-likeness (QED) is 0.209. The van der Waals surface area contributed by atoms with Gasteiger partial charge < -0.3 is 9.80 Å². The fraction of sp³-hybridized carbons (Fsp3) is 0.324. The first-order chi connectivity index (χ1) is 21.8. The van der Waals surface area contributed by atoms with Crippen LogP contribution in [-0.4, -0.2) is 71.7 Å². The molecular formula is C34H34B2F2N6O2. The minimum absolute atomic E-state index is 0.0246. The van der Waals surface area contributed by atoms with E-state index in [1.165, 1.54) is 34.9 Å². The predicted molar refractivity (Wildman–Crippen MR) is 180 cm³/mol. The first-order valence-corrected chi connectivity index (χ1v) is 15.2. The number of hydrogen-bond acceptors (Lipinski definition) is 6. The van der Waals surface area contributed by atoms with Crippen molar-refractivity contribution >= 4 is 44.5 Å². The number of aromatic nitrogens is 4. The summed E-state index contributed by atoms with van der Waals surface area (Å²) in [5.74, 6) is -1.68. The van der Waals surface area contributed by atoms with Crippen molar-refractivity contribution in [2.45, 2.75) is 52.5 Å². The number of amides is 1. The summed E-state index contributed by atoms with van der Waals surface area (Å²) in [6, 6.07) is 6.99.